The van der Waals surface area contributed by atoms with Gasteiger partial charge in [0.2, 0.25) is 0 Å². The minimum atomic E-state index is -0.0994. The van der Waals surface area contributed by atoms with Crippen molar-refractivity contribution in [2.24, 2.45) is 0 Å². The highest BCUT2D eigenvalue weighted by molar-refractivity contribution is 5.85. The molecule has 0 bridgehead atoms. The van der Waals surface area contributed by atoms with E-state index in [1.54, 1.807) is 6.07 Å². The summed E-state index contributed by atoms with van der Waals surface area (Å²) in [6, 6.07) is 5.53. The summed E-state index contributed by atoms with van der Waals surface area (Å²) < 4.78 is 0. The maximum atomic E-state index is 9.97. The zero-order valence-electron chi connectivity index (χ0n) is 10.6. The van der Waals surface area contributed by atoms with Gasteiger partial charge in [-0.05, 0) is 18.6 Å². The molecule has 102 valence electrons. The minimum absolute atomic E-state index is 0. The number of aliphatic hydroxyl groups excluding tert-OH is 1. The fourth-order valence-electron chi connectivity index (χ4n) is 2.34. The van der Waals surface area contributed by atoms with E-state index in [-0.39, 0.29) is 30.8 Å². The Morgan fingerprint density at radius 1 is 1.33 bits per heavy atom. The number of phenolic OH excluding ortho intramolecular Hbond substituents is 1. The summed E-state index contributed by atoms with van der Waals surface area (Å²) in [5, 5.41) is 22.8. The number of rotatable bonds is 3. The van der Waals surface area contributed by atoms with Gasteiger partial charge in [-0.25, -0.2) is 0 Å². The third-order valence-electron chi connectivity index (χ3n) is 3.31. The van der Waals surface area contributed by atoms with Gasteiger partial charge in [0.1, 0.15) is 5.75 Å². The molecule has 1 aliphatic rings. The maximum absolute atomic E-state index is 9.97. The minimum Gasteiger partial charge on any atom is -0.508 e. The number of nitrogens with one attached hydrogen (secondary N) is 1. The summed E-state index contributed by atoms with van der Waals surface area (Å²) in [6.45, 7) is 5.65. The van der Waals surface area contributed by atoms with Gasteiger partial charge < -0.3 is 15.5 Å². The molecule has 1 aromatic rings. The molecular formula is C13H21ClN2O2. The Balaban J connectivity index is 0.00000162. The SMILES string of the molecule is Cc1ccc([C@H](CO)N2CCNCC2)c(O)c1.Cl. The molecule has 18 heavy (non-hydrogen) atoms. The highest BCUT2D eigenvalue weighted by atomic mass is 35.5. The number of aliphatic hydroxyl groups is 1. The van der Waals surface area contributed by atoms with E-state index in [0.29, 0.717) is 0 Å². The zero-order chi connectivity index (χ0) is 12.3. The monoisotopic (exact) mass is 272 g/mol. The summed E-state index contributed by atoms with van der Waals surface area (Å²) in [6.07, 6.45) is 0. The second kappa shape index (κ2) is 6.95. The number of nitrogens with zero attached hydrogens (tertiary/aromatic N) is 1. The van der Waals surface area contributed by atoms with E-state index in [0.717, 1.165) is 37.3 Å². The van der Waals surface area contributed by atoms with Crippen molar-refractivity contribution in [2.75, 3.05) is 32.8 Å². The van der Waals surface area contributed by atoms with Gasteiger partial charge >= 0.3 is 0 Å². The van der Waals surface area contributed by atoms with Crippen molar-refractivity contribution in [3.05, 3.63) is 29.3 Å². The topological polar surface area (TPSA) is 55.7 Å². The van der Waals surface area contributed by atoms with Gasteiger partial charge in [-0.2, -0.15) is 0 Å². The summed E-state index contributed by atoms with van der Waals surface area (Å²) in [5.74, 6) is 0.280. The average molecular weight is 273 g/mol. The number of aromatic hydroxyl groups is 1. The first-order valence-corrected chi connectivity index (χ1v) is 6.07. The van der Waals surface area contributed by atoms with Crippen molar-refractivity contribution in [1.29, 1.82) is 0 Å². The predicted molar refractivity (Wildman–Crippen MR) is 74.4 cm³/mol. The van der Waals surface area contributed by atoms with Crippen LogP contribution in [0.15, 0.2) is 18.2 Å². The molecular weight excluding hydrogens is 252 g/mol. The molecule has 0 aliphatic carbocycles. The van der Waals surface area contributed by atoms with E-state index in [1.165, 1.54) is 0 Å². The highest BCUT2D eigenvalue weighted by Crippen LogP contribution is 2.29. The Labute approximate surface area is 114 Å². The number of phenols is 1. The molecule has 0 unspecified atom stereocenters. The van der Waals surface area contributed by atoms with Crippen LogP contribution < -0.4 is 5.32 Å². The smallest absolute Gasteiger partial charge is 0.120 e. The van der Waals surface area contributed by atoms with Gasteiger partial charge in [-0.1, -0.05) is 12.1 Å². The molecule has 1 fully saturated rings. The number of piperazine rings is 1. The normalized spacial score (nSPS) is 18.1. The first-order valence-electron chi connectivity index (χ1n) is 6.07. The van der Waals surface area contributed by atoms with Gasteiger partial charge in [-0.3, -0.25) is 4.90 Å². The number of halogens is 1. The Morgan fingerprint density at radius 3 is 2.56 bits per heavy atom. The van der Waals surface area contributed by atoms with E-state index in [9.17, 15) is 10.2 Å². The lowest BCUT2D eigenvalue weighted by Crippen LogP contribution is -2.46. The molecule has 0 saturated carbocycles. The van der Waals surface area contributed by atoms with Crippen molar-refractivity contribution in [3.63, 3.8) is 0 Å². The van der Waals surface area contributed by atoms with Crippen molar-refractivity contribution < 1.29 is 10.2 Å². The summed E-state index contributed by atoms with van der Waals surface area (Å²) in [5.41, 5.74) is 1.85. The molecule has 0 spiro atoms. The third-order valence-corrected chi connectivity index (χ3v) is 3.31. The lowest BCUT2D eigenvalue weighted by atomic mass is 10.0. The number of hydrogen-bond acceptors (Lipinski definition) is 4. The average Bonchev–Trinajstić information content (AvgIpc) is 2.34. The van der Waals surface area contributed by atoms with E-state index in [4.69, 9.17) is 0 Å². The van der Waals surface area contributed by atoms with Crippen LogP contribution >= 0.6 is 12.4 Å². The van der Waals surface area contributed by atoms with Gasteiger partial charge in [0.25, 0.3) is 0 Å². The highest BCUT2D eigenvalue weighted by Gasteiger charge is 2.23. The first kappa shape index (κ1) is 15.2. The summed E-state index contributed by atoms with van der Waals surface area (Å²) in [7, 11) is 0. The van der Waals surface area contributed by atoms with Gasteiger partial charge in [0.05, 0.1) is 12.6 Å². The van der Waals surface area contributed by atoms with Gasteiger partial charge in [0.15, 0.2) is 0 Å². The Hall–Kier alpha value is -0.810. The Morgan fingerprint density at radius 2 is 2.00 bits per heavy atom. The molecule has 1 aromatic carbocycles. The standard InChI is InChI=1S/C13H20N2O2.ClH/c1-10-2-3-11(13(17)8-10)12(9-16)15-6-4-14-5-7-15;/h2-3,8,12,14,16-17H,4-7,9H2,1H3;1H/t12-;/m0./s1. The molecule has 0 radical (unpaired) electrons. The largest absolute Gasteiger partial charge is 0.508 e. The number of benzene rings is 1. The molecule has 1 heterocycles. The summed E-state index contributed by atoms with van der Waals surface area (Å²) >= 11 is 0. The van der Waals surface area contributed by atoms with Crippen molar-refractivity contribution >= 4 is 12.4 Å². The Kier molecular flexibility index (Phi) is 5.88. The molecule has 1 saturated heterocycles. The number of aryl methyl sites for hydroxylation is 1. The van der Waals surface area contributed by atoms with E-state index in [1.807, 2.05) is 19.1 Å². The van der Waals surface area contributed by atoms with Crippen molar-refractivity contribution in [3.8, 4) is 5.75 Å². The van der Waals surface area contributed by atoms with E-state index >= 15 is 0 Å². The molecule has 1 aliphatic heterocycles. The van der Waals surface area contributed by atoms with Crippen molar-refractivity contribution in [2.45, 2.75) is 13.0 Å². The molecule has 3 N–H and O–H groups in total. The van der Waals surface area contributed by atoms with Crippen LogP contribution in [0.1, 0.15) is 17.2 Å². The van der Waals surface area contributed by atoms with E-state index in [2.05, 4.69) is 10.2 Å². The second-order valence-electron chi connectivity index (χ2n) is 4.55. The van der Waals surface area contributed by atoms with Crippen LogP contribution in [0.5, 0.6) is 5.75 Å². The lowest BCUT2D eigenvalue weighted by Gasteiger charge is -2.34. The van der Waals surface area contributed by atoms with Crippen molar-refractivity contribution in [1.82, 2.24) is 10.2 Å². The van der Waals surface area contributed by atoms with Crippen LogP contribution in [0.2, 0.25) is 0 Å². The quantitative estimate of drug-likeness (QED) is 0.770. The lowest BCUT2D eigenvalue weighted by molar-refractivity contribution is 0.109. The number of hydrogen-bond donors (Lipinski definition) is 3. The second-order valence-corrected chi connectivity index (χ2v) is 4.55. The molecule has 1 atom stereocenters. The third kappa shape index (κ3) is 3.36. The van der Waals surface area contributed by atoms with Crippen LogP contribution in [0.4, 0.5) is 0 Å². The Bertz CT molecular complexity index is 381. The van der Waals surface area contributed by atoms with Crippen LogP contribution in [0, 0.1) is 6.92 Å². The molecule has 5 heteroatoms. The van der Waals surface area contributed by atoms with Gasteiger partial charge in [-0.15, -0.1) is 12.4 Å². The van der Waals surface area contributed by atoms with Crippen LogP contribution in [0.3, 0.4) is 0 Å². The summed E-state index contributed by atoms with van der Waals surface area (Å²) in [4.78, 5) is 2.21. The molecule has 2 rings (SSSR count). The molecule has 0 amide bonds. The maximum Gasteiger partial charge on any atom is 0.120 e. The fraction of sp³-hybridized carbons (Fsp3) is 0.538. The van der Waals surface area contributed by atoms with Crippen LogP contribution in [-0.2, 0) is 0 Å². The van der Waals surface area contributed by atoms with Crippen LogP contribution in [-0.4, -0.2) is 47.9 Å². The molecule has 4 nitrogen and oxygen atoms in total. The van der Waals surface area contributed by atoms with Crippen LogP contribution in [0.25, 0.3) is 0 Å². The fourth-order valence-corrected chi connectivity index (χ4v) is 2.34. The zero-order valence-corrected chi connectivity index (χ0v) is 11.4. The first-order chi connectivity index (χ1) is 8.22. The predicted octanol–water partition coefficient (Wildman–Crippen LogP) is 1.06. The van der Waals surface area contributed by atoms with Gasteiger partial charge in [0, 0.05) is 31.7 Å². The molecule has 0 aromatic heterocycles. The van der Waals surface area contributed by atoms with E-state index < -0.39 is 0 Å².